The SMILES string of the molecule is O=C1c2c(O)c(O)c(O)c(NCc3c(O)c(O)c(CN4CCOCC4)c(O)c3O)c2CN1C1(O)C(=O)NC(=O)C(O)(O)C1(O)O. The fourth-order valence-electron chi connectivity index (χ4n) is 5.39. The van der Waals surface area contributed by atoms with Crippen LogP contribution in [0.4, 0.5) is 5.69 Å². The third kappa shape index (κ3) is 4.30. The minimum absolute atomic E-state index is 0.0871. The number of aliphatic hydroxyl groups is 5. The molecule has 3 aliphatic rings. The first-order valence-corrected chi connectivity index (χ1v) is 13.0. The average Bonchev–Trinajstić information content (AvgIpc) is 3.34. The number of nitrogens with one attached hydrogen (secondary N) is 2. The molecule has 45 heavy (non-hydrogen) atoms. The molecule has 3 aliphatic heterocycles. The number of imide groups is 1. The first-order chi connectivity index (χ1) is 20.9. The Bertz CT molecular complexity index is 1610. The number of aromatic hydroxyl groups is 7. The van der Waals surface area contributed by atoms with Crippen LogP contribution in [0.5, 0.6) is 40.2 Å². The van der Waals surface area contributed by atoms with E-state index < -0.39 is 111 Å². The van der Waals surface area contributed by atoms with Gasteiger partial charge in [-0.3, -0.25) is 29.5 Å². The molecule has 20 heteroatoms. The Labute approximate surface area is 250 Å². The van der Waals surface area contributed by atoms with E-state index in [1.807, 2.05) is 0 Å². The summed E-state index contributed by atoms with van der Waals surface area (Å²) < 4.78 is 5.23. The van der Waals surface area contributed by atoms with Gasteiger partial charge in [-0.2, -0.15) is 0 Å². The molecule has 1 atom stereocenters. The third-order valence-corrected chi connectivity index (χ3v) is 8.04. The first-order valence-electron chi connectivity index (χ1n) is 13.0. The van der Waals surface area contributed by atoms with Gasteiger partial charge in [0.15, 0.2) is 34.5 Å². The predicted octanol–water partition coefficient (Wildman–Crippen LogP) is -4.27. The van der Waals surface area contributed by atoms with Gasteiger partial charge in [0.25, 0.3) is 29.2 Å². The number of ether oxygens (including phenoxy) is 1. The average molecular weight is 641 g/mol. The summed E-state index contributed by atoms with van der Waals surface area (Å²) in [4.78, 5) is 39.4. The largest absolute Gasteiger partial charge is 0.504 e. The lowest BCUT2D eigenvalue weighted by atomic mass is 9.86. The molecule has 0 radical (unpaired) electrons. The topological polar surface area (TPSA) is 334 Å². The van der Waals surface area contributed by atoms with Gasteiger partial charge in [-0.05, 0) is 0 Å². The maximum absolute atomic E-state index is 13.3. The number of hydrogen-bond donors (Lipinski definition) is 14. The molecular weight excluding hydrogens is 612 g/mol. The zero-order valence-electron chi connectivity index (χ0n) is 22.8. The molecule has 0 aliphatic carbocycles. The zero-order valence-corrected chi connectivity index (χ0v) is 22.8. The van der Waals surface area contributed by atoms with Gasteiger partial charge in [-0.15, -0.1) is 0 Å². The first kappa shape index (κ1) is 31.6. The van der Waals surface area contributed by atoms with E-state index in [0.29, 0.717) is 26.3 Å². The number of morpholine rings is 1. The second-order valence-corrected chi connectivity index (χ2v) is 10.6. The fraction of sp³-hybridized carbons (Fsp3) is 0.400. The Morgan fingerprint density at radius 1 is 0.733 bits per heavy atom. The van der Waals surface area contributed by atoms with Crippen molar-refractivity contribution in [3.05, 3.63) is 22.3 Å². The number of amides is 3. The van der Waals surface area contributed by atoms with Crippen molar-refractivity contribution in [3.63, 3.8) is 0 Å². The summed E-state index contributed by atoms with van der Waals surface area (Å²) in [6.07, 6.45) is 0. The number of carbonyl (C=O) groups excluding carboxylic acids is 3. The number of carbonyl (C=O) groups is 3. The number of hydrogen-bond acceptors (Lipinski definition) is 18. The van der Waals surface area contributed by atoms with E-state index in [2.05, 4.69) is 5.32 Å². The number of piperidine rings is 1. The van der Waals surface area contributed by atoms with E-state index in [-0.39, 0.29) is 17.0 Å². The van der Waals surface area contributed by atoms with Crippen LogP contribution in [0.1, 0.15) is 27.0 Å². The molecule has 5 rings (SSSR count). The van der Waals surface area contributed by atoms with E-state index >= 15 is 0 Å². The Morgan fingerprint density at radius 3 is 1.87 bits per heavy atom. The summed E-state index contributed by atoms with van der Waals surface area (Å²) in [7, 11) is 0. The van der Waals surface area contributed by atoms with Gasteiger partial charge in [0.05, 0.1) is 42.1 Å². The second kappa shape index (κ2) is 10.4. The van der Waals surface area contributed by atoms with Crippen LogP contribution >= 0.6 is 0 Å². The normalized spacial score (nSPS) is 22.8. The van der Waals surface area contributed by atoms with Gasteiger partial charge in [-0.25, -0.2) is 0 Å². The predicted molar refractivity (Wildman–Crippen MR) is 140 cm³/mol. The number of rotatable bonds is 6. The molecule has 0 bridgehead atoms. The molecule has 2 aromatic carbocycles. The highest BCUT2D eigenvalue weighted by Gasteiger charge is 2.76. The molecule has 0 spiro atoms. The number of benzene rings is 2. The van der Waals surface area contributed by atoms with Crippen molar-refractivity contribution in [2.75, 3.05) is 31.6 Å². The lowest BCUT2D eigenvalue weighted by Crippen LogP contribution is -2.85. The van der Waals surface area contributed by atoms with Crippen LogP contribution in [0.15, 0.2) is 0 Å². The summed E-state index contributed by atoms with van der Waals surface area (Å²) in [5.74, 6) is -21.8. The monoisotopic (exact) mass is 640 g/mol. The zero-order chi connectivity index (χ0) is 33.4. The smallest absolute Gasteiger partial charge is 0.306 e. The maximum Gasteiger partial charge on any atom is 0.306 e. The van der Waals surface area contributed by atoms with Gasteiger partial charge >= 0.3 is 5.79 Å². The van der Waals surface area contributed by atoms with E-state index in [0.717, 1.165) is 0 Å². The van der Waals surface area contributed by atoms with Crippen LogP contribution in [0.2, 0.25) is 0 Å². The molecule has 3 heterocycles. The van der Waals surface area contributed by atoms with Crippen molar-refractivity contribution in [2.45, 2.75) is 36.9 Å². The van der Waals surface area contributed by atoms with Crippen LogP contribution in [0.25, 0.3) is 0 Å². The summed E-state index contributed by atoms with van der Waals surface area (Å²) >= 11 is 0. The van der Waals surface area contributed by atoms with Crippen LogP contribution in [0, 0.1) is 0 Å². The Hall–Kier alpha value is -4.83. The highest BCUT2D eigenvalue weighted by molar-refractivity contribution is 6.11. The second-order valence-electron chi connectivity index (χ2n) is 10.6. The Balaban J connectivity index is 1.52. The molecule has 3 amide bonds. The van der Waals surface area contributed by atoms with Crippen molar-refractivity contribution in [1.82, 2.24) is 15.1 Å². The Morgan fingerprint density at radius 2 is 1.29 bits per heavy atom. The lowest BCUT2D eigenvalue weighted by molar-refractivity contribution is -0.407. The van der Waals surface area contributed by atoms with Crippen LogP contribution in [-0.4, -0.2) is 132 Å². The molecular formula is C25H28N4O16. The van der Waals surface area contributed by atoms with Gasteiger partial charge in [-0.1, -0.05) is 0 Å². The molecule has 2 aromatic rings. The molecule has 0 aromatic heterocycles. The molecule has 244 valence electrons. The molecule has 2 fully saturated rings. The van der Waals surface area contributed by atoms with E-state index in [4.69, 9.17) is 4.74 Å². The fourth-order valence-corrected chi connectivity index (χ4v) is 5.39. The summed E-state index contributed by atoms with van der Waals surface area (Å²) in [6.45, 7) is -0.438. The van der Waals surface area contributed by atoms with Gasteiger partial charge in [0.1, 0.15) is 0 Å². The van der Waals surface area contributed by atoms with E-state index in [9.17, 15) is 75.7 Å². The molecule has 20 nitrogen and oxygen atoms in total. The van der Waals surface area contributed by atoms with Crippen molar-refractivity contribution < 1.29 is 80.4 Å². The van der Waals surface area contributed by atoms with Crippen molar-refractivity contribution in [1.29, 1.82) is 0 Å². The highest BCUT2D eigenvalue weighted by atomic mass is 16.6. The molecule has 1 unspecified atom stereocenters. The van der Waals surface area contributed by atoms with Crippen LogP contribution < -0.4 is 10.6 Å². The summed E-state index contributed by atoms with van der Waals surface area (Å²) in [6, 6.07) is 0. The van der Waals surface area contributed by atoms with Crippen molar-refractivity contribution >= 4 is 23.4 Å². The van der Waals surface area contributed by atoms with Crippen molar-refractivity contribution in [2.24, 2.45) is 0 Å². The highest BCUT2D eigenvalue weighted by Crippen LogP contribution is 2.53. The van der Waals surface area contributed by atoms with Crippen LogP contribution in [-0.2, 0) is 34.0 Å². The quantitative estimate of drug-likeness (QED) is 0.0615. The lowest BCUT2D eigenvalue weighted by Gasteiger charge is -2.50. The van der Waals surface area contributed by atoms with Crippen LogP contribution in [0.3, 0.4) is 0 Å². The van der Waals surface area contributed by atoms with Gasteiger partial charge in [0.2, 0.25) is 5.75 Å². The number of fused-ring (bicyclic) bond motifs is 1. The standard InChI is InChI=1S/C25H28N4O16/c30-13-8(14(31)16(33)10(15(13)32)6-28-1-3-45-4-2-28)5-26-12-9-7-29(20(37)11(9)17(34)19(36)18(12)35)23(40)21(38)27-22(39)24(41,42)25(23,43)44/h26,30-36,40-44H,1-7H2,(H,27,38,39). The summed E-state index contributed by atoms with van der Waals surface area (Å²) in [5.41, 5.74) is -7.03. The number of phenolic OH excluding ortho intramolecular Hbond substituents is 7. The maximum atomic E-state index is 13.3. The van der Waals surface area contributed by atoms with E-state index in [1.54, 1.807) is 4.90 Å². The van der Waals surface area contributed by atoms with Gasteiger partial charge in [0, 0.05) is 31.7 Å². The van der Waals surface area contributed by atoms with Gasteiger partial charge < -0.3 is 71.3 Å². The molecule has 2 saturated heterocycles. The summed E-state index contributed by atoms with van der Waals surface area (Å²) in [5, 5.41) is 129. The Kier molecular flexibility index (Phi) is 7.28. The van der Waals surface area contributed by atoms with E-state index in [1.165, 1.54) is 5.32 Å². The molecule has 0 saturated carbocycles. The minimum atomic E-state index is -4.49. The minimum Gasteiger partial charge on any atom is -0.504 e. The van der Waals surface area contributed by atoms with Crippen molar-refractivity contribution in [3.8, 4) is 40.2 Å². The number of phenols is 7. The number of nitrogens with zero attached hydrogens (tertiary/aromatic N) is 2. The third-order valence-electron chi connectivity index (χ3n) is 8.04. The number of anilines is 1. The molecule has 14 N–H and O–H groups in total.